The zero-order valence-corrected chi connectivity index (χ0v) is 24.5. The van der Waals surface area contributed by atoms with Crippen LogP contribution < -0.4 is 21.7 Å². The lowest BCUT2D eigenvalue weighted by Gasteiger charge is -2.38. The summed E-state index contributed by atoms with van der Waals surface area (Å²) in [5.74, 6) is -1.13. The summed E-state index contributed by atoms with van der Waals surface area (Å²) in [5, 5.41) is 8.50. The van der Waals surface area contributed by atoms with Crippen molar-refractivity contribution >= 4 is 57.8 Å². The van der Waals surface area contributed by atoms with E-state index in [0.717, 1.165) is 0 Å². The van der Waals surface area contributed by atoms with E-state index < -0.39 is 35.3 Å². The normalized spacial score (nSPS) is 17.1. The highest BCUT2D eigenvalue weighted by atomic mass is 33.1. The second-order valence-corrected chi connectivity index (χ2v) is 12.6. The molecule has 0 aromatic rings. The van der Waals surface area contributed by atoms with Crippen LogP contribution in [0.2, 0.25) is 0 Å². The van der Waals surface area contributed by atoms with Gasteiger partial charge in [-0.15, -0.1) is 0 Å². The molecule has 38 heavy (non-hydrogen) atoms. The van der Waals surface area contributed by atoms with Gasteiger partial charge in [0.05, 0.1) is 0 Å². The maximum absolute atomic E-state index is 13.6. The summed E-state index contributed by atoms with van der Waals surface area (Å²) in [4.78, 5) is 66.2. The molecule has 0 aliphatic carbocycles. The lowest BCUT2D eigenvalue weighted by Crippen LogP contribution is -2.64. The summed E-state index contributed by atoms with van der Waals surface area (Å²) in [5.41, 5.74) is 3.92. The Morgan fingerprint density at radius 1 is 1.03 bits per heavy atom. The Morgan fingerprint density at radius 3 is 2.16 bits per heavy atom. The summed E-state index contributed by atoms with van der Waals surface area (Å²) in [6.45, 7) is 11.5. The summed E-state index contributed by atoms with van der Waals surface area (Å²) >= 11 is 0. The molecule has 1 saturated heterocycles. The van der Waals surface area contributed by atoms with Crippen molar-refractivity contribution in [2.45, 2.75) is 83.8 Å². The SMILES string of the molecule is C=NC(=O)[C@@H](NC(=O)[C@H](CC(C)C)NC(=O)C1(NC(=O)CCSSCCC(N)=O)CCOCC1)[C@@H](C)CC. The molecule has 1 heterocycles. The molecule has 0 saturated carbocycles. The summed E-state index contributed by atoms with van der Waals surface area (Å²) < 4.78 is 5.44. The Bertz CT molecular complexity index is 835. The molecule has 0 aromatic carbocycles. The van der Waals surface area contributed by atoms with Gasteiger partial charge in [-0.05, 0) is 25.0 Å². The minimum Gasteiger partial charge on any atom is -0.381 e. The zero-order valence-electron chi connectivity index (χ0n) is 22.9. The van der Waals surface area contributed by atoms with E-state index in [2.05, 4.69) is 27.7 Å². The fraction of sp³-hybridized carbons (Fsp3) is 0.760. The van der Waals surface area contributed by atoms with Gasteiger partial charge in [-0.3, -0.25) is 24.0 Å². The third kappa shape index (κ3) is 11.7. The molecule has 0 unspecified atom stereocenters. The first kappa shape index (κ1) is 33.9. The Labute approximate surface area is 233 Å². The van der Waals surface area contributed by atoms with Crippen molar-refractivity contribution in [2.75, 3.05) is 24.7 Å². The molecule has 5 amide bonds. The minimum absolute atomic E-state index is 0.0747. The molecular formula is C25H43N5O6S2. The monoisotopic (exact) mass is 573 g/mol. The van der Waals surface area contributed by atoms with E-state index in [-0.39, 0.29) is 49.3 Å². The van der Waals surface area contributed by atoms with E-state index in [1.807, 2.05) is 27.7 Å². The Balaban J connectivity index is 2.92. The van der Waals surface area contributed by atoms with Crippen LogP contribution in [-0.4, -0.2) is 78.6 Å². The third-order valence-electron chi connectivity index (χ3n) is 6.35. The molecule has 3 atom stereocenters. The molecule has 0 spiro atoms. The number of hydrogen-bond acceptors (Lipinski definition) is 8. The van der Waals surface area contributed by atoms with Crippen LogP contribution in [0.15, 0.2) is 4.99 Å². The first-order valence-electron chi connectivity index (χ1n) is 13.0. The molecule has 1 rings (SSSR count). The van der Waals surface area contributed by atoms with Crippen molar-refractivity contribution in [1.29, 1.82) is 0 Å². The second-order valence-electron chi connectivity index (χ2n) is 9.88. The minimum atomic E-state index is -1.21. The molecule has 5 N–H and O–H groups in total. The van der Waals surface area contributed by atoms with E-state index in [0.29, 0.717) is 37.6 Å². The number of nitrogens with one attached hydrogen (secondary N) is 3. The van der Waals surface area contributed by atoms with Crippen molar-refractivity contribution < 1.29 is 28.7 Å². The number of carbonyl (C=O) groups is 5. The van der Waals surface area contributed by atoms with Crippen LogP contribution in [0.3, 0.4) is 0 Å². The second kappa shape index (κ2) is 17.5. The molecule has 13 heteroatoms. The summed E-state index contributed by atoms with van der Waals surface area (Å²) in [6.07, 6.45) is 2.00. The average molecular weight is 574 g/mol. The molecule has 1 aliphatic heterocycles. The standard InChI is InChI=1S/C25H43N5O6S2/c1-6-17(4)21(23(34)27-5)29-22(33)18(15-16(2)3)28-24(35)25(9-11-36-12-10-25)30-20(32)8-14-38-37-13-7-19(26)31/h16-18,21H,5-15H2,1-4H3,(H2,26,31)(H,28,35)(H,29,33)(H,30,32)/t17-,18-,21-/m0/s1. The quantitative estimate of drug-likeness (QED) is 0.115. The number of nitrogens with two attached hydrogens (primary N) is 1. The molecule has 11 nitrogen and oxygen atoms in total. The first-order chi connectivity index (χ1) is 18.0. The topological polar surface area (TPSA) is 169 Å². The van der Waals surface area contributed by atoms with Gasteiger partial charge in [0.1, 0.15) is 17.6 Å². The van der Waals surface area contributed by atoms with Crippen LogP contribution in [0.1, 0.15) is 66.2 Å². The van der Waals surface area contributed by atoms with Gasteiger partial charge >= 0.3 is 0 Å². The lowest BCUT2D eigenvalue weighted by atomic mass is 9.87. The smallest absolute Gasteiger partial charge is 0.267 e. The average Bonchev–Trinajstić information content (AvgIpc) is 2.87. The van der Waals surface area contributed by atoms with Gasteiger partial charge < -0.3 is 26.4 Å². The van der Waals surface area contributed by atoms with E-state index >= 15 is 0 Å². The number of nitrogens with zero attached hydrogens (tertiary/aromatic N) is 1. The molecular weight excluding hydrogens is 530 g/mol. The number of carbonyl (C=O) groups excluding carboxylic acids is 5. The van der Waals surface area contributed by atoms with E-state index in [9.17, 15) is 24.0 Å². The number of hydrogen-bond donors (Lipinski definition) is 4. The van der Waals surface area contributed by atoms with Gasteiger partial charge in [0.2, 0.25) is 23.6 Å². The van der Waals surface area contributed by atoms with Crippen LogP contribution in [0.25, 0.3) is 0 Å². The van der Waals surface area contributed by atoms with E-state index in [4.69, 9.17) is 10.5 Å². The maximum atomic E-state index is 13.6. The number of ether oxygens (including phenoxy) is 1. The molecule has 0 radical (unpaired) electrons. The summed E-state index contributed by atoms with van der Waals surface area (Å²) in [6, 6.07) is -1.74. The van der Waals surface area contributed by atoms with Crippen molar-refractivity contribution in [1.82, 2.24) is 16.0 Å². The van der Waals surface area contributed by atoms with Gasteiger partial charge in [-0.1, -0.05) is 55.7 Å². The van der Waals surface area contributed by atoms with Crippen LogP contribution >= 0.6 is 21.6 Å². The van der Waals surface area contributed by atoms with Gasteiger partial charge in [0.25, 0.3) is 5.91 Å². The zero-order chi connectivity index (χ0) is 28.7. The molecule has 1 fully saturated rings. The van der Waals surface area contributed by atoms with Gasteiger partial charge in [0, 0.05) is 50.4 Å². The van der Waals surface area contributed by atoms with Crippen molar-refractivity contribution in [3.8, 4) is 0 Å². The number of amides is 5. The molecule has 216 valence electrons. The summed E-state index contributed by atoms with van der Waals surface area (Å²) in [7, 11) is 2.92. The van der Waals surface area contributed by atoms with Crippen LogP contribution in [-0.2, 0) is 28.7 Å². The highest BCUT2D eigenvalue weighted by Gasteiger charge is 2.43. The predicted octanol–water partition coefficient (Wildman–Crippen LogP) is 1.59. The van der Waals surface area contributed by atoms with E-state index in [1.165, 1.54) is 21.6 Å². The predicted molar refractivity (Wildman–Crippen MR) is 152 cm³/mol. The van der Waals surface area contributed by atoms with Gasteiger partial charge in [-0.25, -0.2) is 4.99 Å². The van der Waals surface area contributed by atoms with Gasteiger partial charge in [-0.2, -0.15) is 0 Å². The Morgan fingerprint density at radius 2 is 1.63 bits per heavy atom. The molecule has 1 aliphatic rings. The van der Waals surface area contributed by atoms with Gasteiger partial charge in [0.15, 0.2) is 0 Å². The number of aliphatic imine (C=N–C) groups is 1. The van der Waals surface area contributed by atoms with Crippen LogP contribution in [0.5, 0.6) is 0 Å². The fourth-order valence-electron chi connectivity index (χ4n) is 3.89. The van der Waals surface area contributed by atoms with Crippen LogP contribution in [0.4, 0.5) is 0 Å². The van der Waals surface area contributed by atoms with Crippen molar-refractivity contribution in [3.63, 3.8) is 0 Å². The largest absolute Gasteiger partial charge is 0.381 e. The van der Waals surface area contributed by atoms with Crippen molar-refractivity contribution in [3.05, 3.63) is 0 Å². The highest BCUT2D eigenvalue weighted by molar-refractivity contribution is 8.76. The molecule has 0 aromatic heterocycles. The number of rotatable bonds is 17. The van der Waals surface area contributed by atoms with Crippen molar-refractivity contribution in [2.24, 2.45) is 22.6 Å². The molecule has 0 bridgehead atoms. The Kier molecular flexibility index (Phi) is 15.6. The van der Waals surface area contributed by atoms with Crippen LogP contribution in [0, 0.1) is 11.8 Å². The highest BCUT2D eigenvalue weighted by Crippen LogP contribution is 2.25. The van der Waals surface area contributed by atoms with E-state index in [1.54, 1.807) is 0 Å². The third-order valence-corrected chi connectivity index (χ3v) is 8.76. The first-order valence-corrected chi connectivity index (χ1v) is 15.5. The fourth-order valence-corrected chi connectivity index (χ4v) is 5.88. The lowest BCUT2D eigenvalue weighted by molar-refractivity contribution is -0.140. The maximum Gasteiger partial charge on any atom is 0.267 e. The Hall–Kier alpha value is -2.12. The number of primary amides is 1.